The van der Waals surface area contributed by atoms with Gasteiger partial charge in [-0.3, -0.25) is 4.79 Å². The molecule has 0 aliphatic rings. The Morgan fingerprint density at radius 3 is 2.62 bits per heavy atom. The lowest BCUT2D eigenvalue weighted by Crippen LogP contribution is -2.45. The average molecular weight is 256 g/mol. The number of thiazole rings is 1. The summed E-state index contributed by atoms with van der Waals surface area (Å²) < 4.78 is 48.8. The van der Waals surface area contributed by atoms with Crippen LogP contribution in [0.3, 0.4) is 0 Å². The van der Waals surface area contributed by atoms with Gasteiger partial charge in [0, 0.05) is 11.6 Å². The maximum Gasteiger partial charge on any atom is 0.383 e. The zero-order valence-electron chi connectivity index (χ0n) is 8.08. The number of aromatic nitrogens is 1. The highest BCUT2D eigenvalue weighted by Gasteiger charge is 2.49. The molecule has 0 fully saturated rings. The second kappa shape index (κ2) is 4.77. The van der Waals surface area contributed by atoms with Crippen molar-refractivity contribution >= 4 is 17.2 Å². The molecule has 0 saturated carbocycles. The van der Waals surface area contributed by atoms with Gasteiger partial charge in [0.05, 0.1) is 6.04 Å². The molecule has 0 aromatic carbocycles. The lowest BCUT2D eigenvalue weighted by Gasteiger charge is -2.17. The largest absolute Gasteiger partial charge is 0.383 e. The fraction of sp³-hybridized carbons (Fsp3) is 0.500. The summed E-state index contributed by atoms with van der Waals surface area (Å²) in [5, 5.41) is 3.74. The van der Waals surface area contributed by atoms with Crippen LogP contribution in [0.1, 0.15) is 18.0 Å². The van der Waals surface area contributed by atoms with Gasteiger partial charge in [0.25, 0.3) is 5.91 Å². The van der Waals surface area contributed by atoms with Crippen molar-refractivity contribution in [1.82, 2.24) is 10.3 Å². The number of nitrogens with one attached hydrogen (secondary N) is 1. The van der Waals surface area contributed by atoms with Gasteiger partial charge in [-0.05, 0) is 6.92 Å². The molecule has 1 N–H and O–H groups in total. The molecule has 1 heterocycles. The maximum atomic E-state index is 12.6. The monoisotopic (exact) mass is 256 g/mol. The molecule has 8 heteroatoms. The summed E-state index contributed by atoms with van der Waals surface area (Å²) >= 11 is 1.13. The Kier molecular flexibility index (Phi) is 3.84. The Hall–Kier alpha value is -1.18. The molecule has 0 bridgehead atoms. The van der Waals surface area contributed by atoms with E-state index in [1.54, 1.807) is 10.7 Å². The number of rotatable bonds is 4. The van der Waals surface area contributed by atoms with Gasteiger partial charge in [0.15, 0.2) is 0 Å². The summed E-state index contributed by atoms with van der Waals surface area (Å²) in [6, 6.07) is -0.822. The fourth-order valence-corrected chi connectivity index (χ4v) is 1.55. The first kappa shape index (κ1) is 12.9. The number of alkyl halides is 4. The van der Waals surface area contributed by atoms with E-state index in [1.165, 1.54) is 13.1 Å². The molecule has 3 nitrogen and oxygen atoms in total. The summed E-state index contributed by atoms with van der Waals surface area (Å²) in [7, 11) is 0. The molecular weight excluding hydrogens is 248 g/mol. The summed E-state index contributed by atoms with van der Waals surface area (Å²) in [4.78, 5) is 14.6. The third-order valence-corrected chi connectivity index (χ3v) is 2.70. The van der Waals surface area contributed by atoms with Crippen molar-refractivity contribution in [2.24, 2.45) is 0 Å². The van der Waals surface area contributed by atoms with Crippen molar-refractivity contribution in [3.63, 3.8) is 0 Å². The minimum absolute atomic E-state index is 0.374. The number of halogens is 4. The first-order valence-corrected chi connectivity index (χ1v) is 5.10. The maximum absolute atomic E-state index is 12.6. The highest BCUT2D eigenvalue weighted by Crippen LogP contribution is 2.24. The predicted octanol–water partition coefficient (Wildman–Crippen LogP) is 2.22. The van der Waals surface area contributed by atoms with Gasteiger partial charge in [-0.25, -0.2) is 13.8 Å². The number of hydrogen-bond acceptors (Lipinski definition) is 3. The lowest BCUT2D eigenvalue weighted by atomic mass is 10.3. The fourth-order valence-electron chi connectivity index (χ4n) is 0.902. The normalized spacial score (nSPS) is 13.9. The van der Waals surface area contributed by atoms with Crippen LogP contribution in [0.15, 0.2) is 11.6 Å². The Balaban J connectivity index is 2.65. The topological polar surface area (TPSA) is 42.0 Å². The van der Waals surface area contributed by atoms with Gasteiger partial charge in [-0.2, -0.15) is 8.78 Å². The molecular formula is C8H8F4N2OS. The van der Waals surface area contributed by atoms with E-state index in [1.807, 2.05) is 0 Å². The highest BCUT2D eigenvalue weighted by molar-refractivity contribution is 7.09. The van der Waals surface area contributed by atoms with E-state index in [2.05, 4.69) is 4.98 Å². The second-order valence-corrected chi connectivity index (χ2v) is 3.92. The molecule has 1 aromatic rings. The van der Waals surface area contributed by atoms with Gasteiger partial charge in [-0.15, -0.1) is 11.3 Å². The zero-order chi connectivity index (χ0) is 12.3. The molecule has 1 amide bonds. The van der Waals surface area contributed by atoms with Crippen LogP contribution in [-0.4, -0.2) is 23.2 Å². The Labute approximate surface area is 92.5 Å². The van der Waals surface area contributed by atoms with E-state index in [4.69, 9.17) is 0 Å². The summed E-state index contributed by atoms with van der Waals surface area (Å²) in [5.41, 5.74) is 0. The first-order chi connectivity index (χ1) is 7.35. The molecule has 0 aliphatic heterocycles. The van der Waals surface area contributed by atoms with Crippen LogP contribution >= 0.6 is 11.3 Å². The lowest BCUT2D eigenvalue weighted by molar-refractivity contribution is -0.170. The molecule has 0 spiro atoms. The van der Waals surface area contributed by atoms with Crippen LogP contribution in [0.4, 0.5) is 17.6 Å². The molecule has 1 unspecified atom stereocenters. The van der Waals surface area contributed by atoms with E-state index < -0.39 is 24.3 Å². The summed E-state index contributed by atoms with van der Waals surface area (Å²) in [6.07, 6.45) is -2.59. The van der Waals surface area contributed by atoms with Crippen molar-refractivity contribution in [3.05, 3.63) is 16.6 Å². The molecule has 0 radical (unpaired) electrons. The average Bonchev–Trinajstić information content (AvgIpc) is 2.69. The number of carbonyl (C=O) groups excluding carboxylic acids is 1. The number of hydrogen-bond donors (Lipinski definition) is 1. The standard InChI is InChI=1S/C8H8F4N2OS/c1-4(5-13-2-3-16-5)14-7(15)8(11,12)6(9)10/h2-4,6H,1H3,(H,14,15). The molecule has 0 aliphatic carbocycles. The third-order valence-electron chi connectivity index (χ3n) is 1.75. The Morgan fingerprint density at radius 1 is 1.56 bits per heavy atom. The van der Waals surface area contributed by atoms with Crippen LogP contribution in [-0.2, 0) is 4.79 Å². The molecule has 1 atom stereocenters. The highest BCUT2D eigenvalue weighted by atomic mass is 32.1. The SMILES string of the molecule is CC(NC(=O)C(F)(F)C(F)F)c1nccs1. The molecule has 1 aromatic heterocycles. The quantitative estimate of drug-likeness (QED) is 0.839. The predicted molar refractivity (Wildman–Crippen MR) is 49.6 cm³/mol. The third kappa shape index (κ3) is 2.69. The summed E-state index contributed by atoms with van der Waals surface area (Å²) in [6.45, 7) is 1.39. The van der Waals surface area contributed by atoms with E-state index in [0.717, 1.165) is 11.3 Å². The van der Waals surface area contributed by atoms with Crippen molar-refractivity contribution in [2.75, 3.05) is 0 Å². The zero-order valence-corrected chi connectivity index (χ0v) is 8.90. The number of amides is 1. The Morgan fingerprint density at radius 2 is 2.19 bits per heavy atom. The number of carbonyl (C=O) groups is 1. The van der Waals surface area contributed by atoms with Crippen molar-refractivity contribution in [3.8, 4) is 0 Å². The molecule has 0 saturated heterocycles. The van der Waals surface area contributed by atoms with Crippen LogP contribution in [0.5, 0.6) is 0 Å². The van der Waals surface area contributed by atoms with E-state index >= 15 is 0 Å². The number of nitrogens with zero attached hydrogens (tertiary/aromatic N) is 1. The van der Waals surface area contributed by atoms with Crippen molar-refractivity contribution in [2.45, 2.75) is 25.3 Å². The van der Waals surface area contributed by atoms with Crippen LogP contribution < -0.4 is 5.32 Å². The molecule has 90 valence electrons. The summed E-state index contributed by atoms with van der Waals surface area (Å²) in [5.74, 6) is -6.67. The van der Waals surface area contributed by atoms with Crippen LogP contribution in [0, 0.1) is 0 Å². The van der Waals surface area contributed by atoms with E-state index in [9.17, 15) is 22.4 Å². The minimum atomic E-state index is -4.68. The molecule has 16 heavy (non-hydrogen) atoms. The van der Waals surface area contributed by atoms with Crippen LogP contribution in [0.25, 0.3) is 0 Å². The first-order valence-electron chi connectivity index (χ1n) is 4.22. The van der Waals surface area contributed by atoms with Crippen LogP contribution in [0.2, 0.25) is 0 Å². The van der Waals surface area contributed by atoms with Gasteiger partial charge < -0.3 is 5.32 Å². The minimum Gasteiger partial charge on any atom is -0.342 e. The molecule has 1 rings (SSSR count). The second-order valence-electron chi connectivity index (χ2n) is 2.99. The van der Waals surface area contributed by atoms with Crippen molar-refractivity contribution < 1.29 is 22.4 Å². The Bertz CT molecular complexity index is 355. The van der Waals surface area contributed by atoms with Gasteiger partial charge in [0.2, 0.25) is 0 Å². The smallest absolute Gasteiger partial charge is 0.342 e. The van der Waals surface area contributed by atoms with E-state index in [-0.39, 0.29) is 0 Å². The van der Waals surface area contributed by atoms with Gasteiger partial charge in [-0.1, -0.05) is 0 Å². The van der Waals surface area contributed by atoms with Gasteiger partial charge >= 0.3 is 12.3 Å². The van der Waals surface area contributed by atoms with Crippen molar-refractivity contribution in [1.29, 1.82) is 0 Å². The van der Waals surface area contributed by atoms with E-state index in [0.29, 0.717) is 5.01 Å². The van der Waals surface area contributed by atoms with Gasteiger partial charge in [0.1, 0.15) is 5.01 Å².